The molecule has 0 atom stereocenters. The molecule has 3 heterocycles. The van der Waals surface area contributed by atoms with Crippen molar-refractivity contribution in [2.75, 3.05) is 7.05 Å². The molecular weight excluding hydrogens is 374 g/mol. The second kappa shape index (κ2) is 7.85. The summed E-state index contributed by atoms with van der Waals surface area (Å²) in [5.74, 6) is 3.69. The molecule has 3 aromatic heterocycles. The van der Waals surface area contributed by atoms with Gasteiger partial charge in [0.15, 0.2) is 16.7 Å². The van der Waals surface area contributed by atoms with Crippen LogP contribution in [0.5, 0.6) is 0 Å². The molecule has 0 unspecified atom stereocenters. The quantitative estimate of drug-likeness (QED) is 0.392. The second-order valence-corrected chi connectivity index (χ2v) is 7.31. The maximum absolute atomic E-state index is 5.95. The third kappa shape index (κ3) is 3.91. The first-order valence-electron chi connectivity index (χ1n) is 8.94. The summed E-state index contributed by atoms with van der Waals surface area (Å²) in [6.07, 6.45) is 0. The lowest BCUT2D eigenvalue weighted by Gasteiger charge is -2.09. The molecule has 4 rings (SSSR count). The van der Waals surface area contributed by atoms with Crippen LogP contribution in [0.25, 0.3) is 21.0 Å². The van der Waals surface area contributed by atoms with Gasteiger partial charge in [0.05, 0.1) is 29.0 Å². The Morgan fingerprint density at radius 3 is 2.61 bits per heavy atom. The van der Waals surface area contributed by atoms with Crippen molar-refractivity contribution in [2.45, 2.75) is 26.9 Å². The number of aliphatic imine (C=N–C) groups is 1. The highest BCUT2D eigenvalue weighted by Crippen LogP contribution is 2.31. The zero-order chi connectivity index (χ0) is 19.5. The number of hydrogen-bond donors (Lipinski definition) is 2. The van der Waals surface area contributed by atoms with Gasteiger partial charge in [0, 0.05) is 7.05 Å². The first-order chi connectivity index (χ1) is 13.6. The zero-order valence-electron chi connectivity index (χ0n) is 15.9. The van der Waals surface area contributed by atoms with Gasteiger partial charge in [-0.1, -0.05) is 12.1 Å². The van der Waals surface area contributed by atoms with E-state index in [-0.39, 0.29) is 0 Å². The Bertz CT molecular complexity index is 1070. The normalized spacial score (nSPS) is 11.9. The van der Waals surface area contributed by atoms with Crippen LogP contribution >= 0.6 is 11.3 Å². The lowest BCUT2D eigenvalue weighted by molar-refractivity contribution is 0.463. The van der Waals surface area contributed by atoms with Crippen molar-refractivity contribution in [1.29, 1.82) is 0 Å². The molecule has 2 N–H and O–H groups in total. The number of nitrogens with one attached hydrogen (secondary N) is 2. The topological polar surface area (TPSA) is 88.5 Å². The summed E-state index contributed by atoms with van der Waals surface area (Å²) < 4.78 is 12.7. The molecule has 144 valence electrons. The molecule has 0 amide bonds. The molecule has 0 radical (unpaired) electrons. The van der Waals surface area contributed by atoms with E-state index in [4.69, 9.17) is 8.83 Å². The van der Waals surface area contributed by atoms with Gasteiger partial charge in [-0.25, -0.2) is 9.97 Å². The molecule has 1 aromatic carbocycles. The first-order valence-corrected chi connectivity index (χ1v) is 9.76. The highest BCUT2D eigenvalue weighted by molar-refractivity contribution is 7.21. The van der Waals surface area contributed by atoms with E-state index in [0.29, 0.717) is 24.9 Å². The summed E-state index contributed by atoms with van der Waals surface area (Å²) in [6, 6.07) is 12.0. The minimum atomic E-state index is 0.462. The molecule has 0 saturated carbocycles. The van der Waals surface area contributed by atoms with Crippen molar-refractivity contribution in [3.63, 3.8) is 0 Å². The maximum Gasteiger partial charge on any atom is 0.214 e. The van der Waals surface area contributed by atoms with E-state index in [1.807, 2.05) is 44.2 Å². The maximum atomic E-state index is 5.95. The van der Waals surface area contributed by atoms with Crippen LogP contribution in [-0.4, -0.2) is 23.0 Å². The molecule has 8 heteroatoms. The third-order valence-corrected chi connectivity index (χ3v) is 5.35. The number of guanidine groups is 1. The standard InChI is InChI=1S/C20H21N5O2S/c1-12-13(2)26-18(24-12)11-23-20(21-3)22-10-14-8-9-16(27-14)19-25-15-6-4-5-7-17(15)28-19/h4-9H,10-11H2,1-3H3,(H2,21,22,23). The van der Waals surface area contributed by atoms with Crippen LogP contribution in [0.4, 0.5) is 0 Å². The highest BCUT2D eigenvalue weighted by atomic mass is 32.1. The molecule has 0 spiro atoms. The monoisotopic (exact) mass is 395 g/mol. The summed E-state index contributed by atoms with van der Waals surface area (Å²) in [4.78, 5) is 13.2. The Hall–Kier alpha value is -3.13. The number of fused-ring (bicyclic) bond motifs is 1. The molecule has 0 aliphatic heterocycles. The second-order valence-electron chi connectivity index (χ2n) is 6.28. The first kappa shape index (κ1) is 18.2. The fourth-order valence-electron chi connectivity index (χ4n) is 2.73. The highest BCUT2D eigenvalue weighted by Gasteiger charge is 2.11. The summed E-state index contributed by atoms with van der Waals surface area (Å²) in [5, 5.41) is 7.29. The minimum Gasteiger partial charge on any atom is -0.457 e. The van der Waals surface area contributed by atoms with Crippen molar-refractivity contribution in [1.82, 2.24) is 20.6 Å². The fraction of sp³-hybridized carbons (Fsp3) is 0.250. The van der Waals surface area contributed by atoms with Gasteiger partial charge in [0.25, 0.3) is 0 Å². The van der Waals surface area contributed by atoms with E-state index in [9.17, 15) is 0 Å². The summed E-state index contributed by atoms with van der Waals surface area (Å²) in [5.41, 5.74) is 1.89. The van der Waals surface area contributed by atoms with Gasteiger partial charge in [0.2, 0.25) is 5.89 Å². The number of furan rings is 1. The van der Waals surface area contributed by atoms with Crippen molar-refractivity contribution in [3.05, 3.63) is 59.5 Å². The van der Waals surface area contributed by atoms with Crippen LogP contribution in [0.3, 0.4) is 0 Å². The Balaban J connectivity index is 1.36. The van der Waals surface area contributed by atoms with Gasteiger partial charge < -0.3 is 19.5 Å². The number of rotatable bonds is 5. The summed E-state index contributed by atoms with van der Waals surface area (Å²) in [6.45, 7) is 4.80. The number of para-hydroxylation sites is 1. The minimum absolute atomic E-state index is 0.462. The van der Waals surface area contributed by atoms with E-state index in [1.54, 1.807) is 18.4 Å². The summed E-state index contributed by atoms with van der Waals surface area (Å²) >= 11 is 1.62. The van der Waals surface area contributed by atoms with E-state index in [1.165, 1.54) is 0 Å². The van der Waals surface area contributed by atoms with Gasteiger partial charge in [-0.05, 0) is 38.1 Å². The third-order valence-electron chi connectivity index (χ3n) is 4.30. The molecular formula is C20H21N5O2S. The van der Waals surface area contributed by atoms with E-state index < -0.39 is 0 Å². The van der Waals surface area contributed by atoms with Crippen molar-refractivity contribution in [2.24, 2.45) is 4.99 Å². The van der Waals surface area contributed by atoms with Gasteiger partial charge >= 0.3 is 0 Å². The number of benzene rings is 1. The predicted octanol–water partition coefficient (Wildman–Crippen LogP) is 4.03. The largest absolute Gasteiger partial charge is 0.457 e. The van der Waals surface area contributed by atoms with E-state index in [2.05, 4.69) is 31.7 Å². The Labute approximate surface area is 166 Å². The van der Waals surface area contributed by atoms with Gasteiger partial charge in [-0.3, -0.25) is 4.99 Å². The molecule has 0 bridgehead atoms. The SMILES string of the molecule is CN=C(NCc1ccc(-c2nc3ccccc3s2)o1)NCc1nc(C)c(C)o1. The number of hydrogen-bond acceptors (Lipinski definition) is 6. The van der Waals surface area contributed by atoms with Crippen molar-refractivity contribution < 1.29 is 8.83 Å². The Morgan fingerprint density at radius 2 is 1.86 bits per heavy atom. The average Bonchev–Trinajstić information content (AvgIpc) is 3.40. The van der Waals surface area contributed by atoms with Crippen LogP contribution in [0.1, 0.15) is 23.1 Å². The van der Waals surface area contributed by atoms with Gasteiger partial charge in [-0.15, -0.1) is 11.3 Å². The van der Waals surface area contributed by atoms with Gasteiger partial charge in [-0.2, -0.15) is 0 Å². The zero-order valence-corrected chi connectivity index (χ0v) is 16.8. The number of oxazole rings is 1. The molecule has 28 heavy (non-hydrogen) atoms. The van der Waals surface area contributed by atoms with E-state index >= 15 is 0 Å². The van der Waals surface area contributed by atoms with Gasteiger partial charge in [0.1, 0.15) is 11.5 Å². The summed E-state index contributed by atoms with van der Waals surface area (Å²) in [7, 11) is 1.72. The average molecular weight is 395 g/mol. The Morgan fingerprint density at radius 1 is 1.04 bits per heavy atom. The van der Waals surface area contributed by atoms with Crippen LogP contribution in [0.15, 0.2) is 50.2 Å². The van der Waals surface area contributed by atoms with E-state index in [0.717, 1.165) is 38.2 Å². The number of thiazole rings is 1. The fourth-order valence-corrected chi connectivity index (χ4v) is 3.66. The van der Waals surface area contributed by atoms with Crippen LogP contribution < -0.4 is 10.6 Å². The lowest BCUT2D eigenvalue weighted by atomic mass is 10.3. The van der Waals surface area contributed by atoms with Crippen LogP contribution in [0, 0.1) is 13.8 Å². The van der Waals surface area contributed by atoms with Crippen molar-refractivity contribution in [3.8, 4) is 10.8 Å². The van der Waals surface area contributed by atoms with Crippen molar-refractivity contribution >= 4 is 27.5 Å². The number of aromatic nitrogens is 2. The lowest BCUT2D eigenvalue weighted by Crippen LogP contribution is -2.36. The number of nitrogens with zero attached hydrogens (tertiary/aromatic N) is 3. The molecule has 0 fully saturated rings. The Kier molecular flexibility index (Phi) is 5.12. The smallest absolute Gasteiger partial charge is 0.214 e. The molecule has 0 aliphatic rings. The molecule has 0 aliphatic carbocycles. The molecule has 7 nitrogen and oxygen atoms in total. The number of aryl methyl sites for hydroxylation is 2. The molecule has 0 saturated heterocycles. The molecule has 4 aromatic rings. The van der Waals surface area contributed by atoms with Crippen LogP contribution in [0.2, 0.25) is 0 Å². The van der Waals surface area contributed by atoms with Crippen LogP contribution in [-0.2, 0) is 13.1 Å². The predicted molar refractivity (Wildman–Crippen MR) is 110 cm³/mol.